The molecule has 2 heterocycles. The van der Waals surface area contributed by atoms with Crippen LogP contribution in [-0.2, 0) is 6.54 Å². The molecule has 112 valence electrons. The lowest BCUT2D eigenvalue weighted by Crippen LogP contribution is -2.28. The van der Waals surface area contributed by atoms with Crippen LogP contribution in [0.3, 0.4) is 0 Å². The van der Waals surface area contributed by atoms with Crippen LogP contribution in [0.2, 0.25) is 0 Å². The van der Waals surface area contributed by atoms with Gasteiger partial charge in [0.05, 0.1) is 6.20 Å². The number of hydrogen-bond donors (Lipinski definition) is 1. The molecule has 1 fully saturated rings. The standard InChI is InChI=1S/C16H18FN3.ClH/c17-14-6-12(7-19-8-14)9-20-10-15(16(18)11-20)13-4-2-1-3-5-13;/h1-8,15-16H,9-11,18H2;1H/t15-,16+;/m0./s1. The fourth-order valence-corrected chi connectivity index (χ4v) is 2.90. The first-order chi connectivity index (χ1) is 9.72. The van der Waals surface area contributed by atoms with Crippen molar-refractivity contribution >= 4 is 12.4 Å². The average Bonchev–Trinajstić information content (AvgIpc) is 2.80. The normalized spacial score (nSPS) is 22.0. The topological polar surface area (TPSA) is 42.1 Å². The van der Waals surface area contributed by atoms with Crippen molar-refractivity contribution in [3.05, 3.63) is 65.7 Å². The van der Waals surface area contributed by atoms with E-state index in [-0.39, 0.29) is 24.3 Å². The zero-order chi connectivity index (χ0) is 13.9. The van der Waals surface area contributed by atoms with Crippen LogP contribution in [0.25, 0.3) is 0 Å². The van der Waals surface area contributed by atoms with Crippen molar-refractivity contribution < 1.29 is 4.39 Å². The monoisotopic (exact) mass is 307 g/mol. The minimum absolute atomic E-state index is 0. The first-order valence-electron chi connectivity index (χ1n) is 6.84. The number of hydrogen-bond acceptors (Lipinski definition) is 3. The molecule has 1 aromatic heterocycles. The highest BCUT2D eigenvalue weighted by Gasteiger charge is 2.30. The number of pyridine rings is 1. The molecule has 1 aromatic carbocycles. The highest BCUT2D eigenvalue weighted by Crippen LogP contribution is 2.27. The third-order valence-corrected chi connectivity index (χ3v) is 3.84. The summed E-state index contributed by atoms with van der Waals surface area (Å²) < 4.78 is 13.2. The molecule has 3 rings (SSSR count). The fourth-order valence-electron chi connectivity index (χ4n) is 2.90. The first-order valence-corrected chi connectivity index (χ1v) is 6.84. The summed E-state index contributed by atoms with van der Waals surface area (Å²) in [7, 11) is 0. The number of benzene rings is 1. The van der Waals surface area contributed by atoms with E-state index in [1.54, 1.807) is 6.20 Å². The molecule has 1 aliphatic heterocycles. The van der Waals surface area contributed by atoms with E-state index in [0.29, 0.717) is 12.5 Å². The van der Waals surface area contributed by atoms with Crippen LogP contribution in [0.1, 0.15) is 17.0 Å². The highest BCUT2D eigenvalue weighted by molar-refractivity contribution is 5.85. The first kappa shape index (κ1) is 15.9. The average molecular weight is 308 g/mol. The van der Waals surface area contributed by atoms with Gasteiger partial charge in [-0.15, -0.1) is 12.4 Å². The third-order valence-electron chi connectivity index (χ3n) is 3.84. The SMILES string of the molecule is Cl.N[C@@H]1CN(Cc2cncc(F)c2)C[C@H]1c1ccccc1. The summed E-state index contributed by atoms with van der Waals surface area (Å²) >= 11 is 0. The maximum absolute atomic E-state index is 13.2. The molecule has 21 heavy (non-hydrogen) atoms. The molecule has 2 aromatic rings. The molecule has 0 spiro atoms. The number of nitrogens with two attached hydrogens (primary N) is 1. The Morgan fingerprint density at radius 1 is 1.19 bits per heavy atom. The summed E-state index contributed by atoms with van der Waals surface area (Å²) in [6.07, 6.45) is 2.94. The maximum atomic E-state index is 13.2. The summed E-state index contributed by atoms with van der Waals surface area (Å²) in [6.45, 7) is 2.43. The minimum atomic E-state index is -0.286. The second-order valence-electron chi connectivity index (χ2n) is 5.39. The van der Waals surface area contributed by atoms with Crippen molar-refractivity contribution in [1.82, 2.24) is 9.88 Å². The van der Waals surface area contributed by atoms with Crippen molar-refractivity contribution in [2.75, 3.05) is 13.1 Å². The Morgan fingerprint density at radius 2 is 1.95 bits per heavy atom. The Morgan fingerprint density at radius 3 is 2.67 bits per heavy atom. The Kier molecular flexibility index (Phi) is 5.28. The molecule has 0 saturated carbocycles. The predicted molar refractivity (Wildman–Crippen MR) is 83.9 cm³/mol. The van der Waals surface area contributed by atoms with Crippen LogP contribution in [0.15, 0.2) is 48.8 Å². The van der Waals surface area contributed by atoms with Crippen molar-refractivity contribution in [1.29, 1.82) is 0 Å². The van der Waals surface area contributed by atoms with E-state index in [9.17, 15) is 4.39 Å². The van der Waals surface area contributed by atoms with Crippen LogP contribution in [-0.4, -0.2) is 29.0 Å². The summed E-state index contributed by atoms with van der Waals surface area (Å²) in [6, 6.07) is 12.0. The minimum Gasteiger partial charge on any atom is -0.326 e. The molecule has 0 radical (unpaired) electrons. The molecule has 0 aliphatic carbocycles. The molecule has 2 atom stereocenters. The van der Waals surface area contributed by atoms with Gasteiger partial charge >= 0.3 is 0 Å². The molecule has 0 amide bonds. The Labute approximate surface area is 130 Å². The smallest absolute Gasteiger partial charge is 0.141 e. The molecule has 1 saturated heterocycles. The van der Waals surface area contributed by atoms with Crippen molar-refractivity contribution in [3.8, 4) is 0 Å². The van der Waals surface area contributed by atoms with Gasteiger partial charge in [-0.2, -0.15) is 0 Å². The number of nitrogens with zero attached hydrogens (tertiary/aromatic N) is 2. The van der Waals surface area contributed by atoms with E-state index in [4.69, 9.17) is 5.73 Å². The summed E-state index contributed by atoms with van der Waals surface area (Å²) in [5.41, 5.74) is 8.43. The van der Waals surface area contributed by atoms with Gasteiger partial charge in [0, 0.05) is 37.8 Å². The van der Waals surface area contributed by atoms with Gasteiger partial charge in [0.1, 0.15) is 5.82 Å². The van der Waals surface area contributed by atoms with Crippen LogP contribution < -0.4 is 5.73 Å². The van der Waals surface area contributed by atoms with Gasteiger partial charge in [-0.3, -0.25) is 9.88 Å². The van der Waals surface area contributed by atoms with Gasteiger partial charge in [0.2, 0.25) is 0 Å². The van der Waals surface area contributed by atoms with Crippen molar-refractivity contribution in [2.45, 2.75) is 18.5 Å². The highest BCUT2D eigenvalue weighted by atomic mass is 35.5. The Bertz CT molecular complexity index is 579. The molecule has 1 aliphatic rings. The van der Waals surface area contributed by atoms with E-state index < -0.39 is 0 Å². The van der Waals surface area contributed by atoms with Gasteiger partial charge in [0.15, 0.2) is 0 Å². The summed E-state index contributed by atoms with van der Waals surface area (Å²) in [5.74, 6) is 0.0586. The Balaban J connectivity index is 0.00000161. The van der Waals surface area contributed by atoms with Gasteiger partial charge in [-0.05, 0) is 17.2 Å². The molecule has 3 nitrogen and oxygen atoms in total. The van der Waals surface area contributed by atoms with Crippen molar-refractivity contribution in [2.24, 2.45) is 5.73 Å². The lowest BCUT2D eigenvalue weighted by Gasteiger charge is -2.16. The van der Waals surface area contributed by atoms with E-state index in [1.165, 1.54) is 17.8 Å². The third kappa shape index (κ3) is 3.79. The van der Waals surface area contributed by atoms with E-state index in [2.05, 4.69) is 22.0 Å². The van der Waals surface area contributed by atoms with Gasteiger partial charge in [-0.1, -0.05) is 30.3 Å². The fraction of sp³-hybridized carbons (Fsp3) is 0.312. The lowest BCUT2D eigenvalue weighted by molar-refractivity contribution is 0.323. The molecular weight excluding hydrogens is 289 g/mol. The Hall–Kier alpha value is -1.49. The quantitative estimate of drug-likeness (QED) is 0.947. The van der Waals surface area contributed by atoms with E-state index in [1.807, 2.05) is 18.2 Å². The van der Waals surface area contributed by atoms with Crippen LogP contribution in [0.4, 0.5) is 4.39 Å². The summed E-state index contributed by atoms with van der Waals surface area (Å²) in [5, 5.41) is 0. The van der Waals surface area contributed by atoms with Crippen LogP contribution in [0.5, 0.6) is 0 Å². The largest absolute Gasteiger partial charge is 0.326 e. The molecule has 0 bridgehead atoms. The van der Waals surface area contributed by atoms with Crippen LogP contribution >= 0.6 is 12.4 Å². The van der Waals surface area contributed by atoms with E-state index >= 15 is 0 Å². The van der Waals surface area contributed by atoms with Gasteiger partial charge in [0.25, 0.3) is 0 Å². The lowest BCUT2D eigenvalue weighted by atomic mass is 9.95. The zero-order valence-electron chi connectivity index (χ0n) is 11.7. The van der Waals surface area contributed by atoms with Gasteiger partial charge in [-0.25, -0.2) is 4.39 Å². The molecule has 5 heteroatoms. The molecular formula is C16H19ClFN3. The summed E-state index contributed by atoms with van der Waals surface area (Å²) in [4.78, 5) is 6.15. The second kappa shape index (κ2) is 6.98. The van der Waals surface area contributed by atoms with Gasteiger partial charge < -0.3 is 5.73 Å². The zero-order valence-corrected chi connectivity index (χ0v) is 12.5. The molecule has 2 N–H and O–H groups in total. The number of halogens is 2. The maximum Gasteiger partial charge on any atom is 0.141 e. The second-order valence-corrected chi connectivity index (χ2v) is 5.39. The van der Waals surface area contributed by atoms with Crippen molar-refractivity contribution in [3.63, 3.8) is 0 Å². The van der Waals surface area contributed by atoms with E-state index in [0.717, 1.165) is 18.7 Å². The number of aromatic nitrogens is 1. The number of likely N-dealkylation sites (tertiary alicyclic amines) is 1. The predicted octanol–water partition coefficient (Wildman–Crippen LogP) is 2.57. The van der Waals surface area contributed by atoms with Crippen LogP contribution in [0, 0.1) is 5.82 Å². The molecule has 0 unspecified atom stereocenters. The number of rotatable bonds is 3.